The summed E-state index contributed by atoms with van der Waals surface area (Å²) in [6, 6.07) is 5.39. The van der Waals surface area contributed by atoms with Crippen LogP contribution in [0, 0.1) is 0 Å². The van der Waals surface area contributed by atoms with E-state index >= 15 is 0 Å². The van der Waals surface area contributed by atoms with E-state index in [4.69, 9.17) is 0 Å². The van der Waals surface area contributed by atoms with Gasteiger partial charge in [-0.05, 0) is 37.0 Å². The van der Waals surface area contributed by atoms with Crippen molar-refractivity contribution in [3.05, 3.63) is 34.9 Å². The molecule has 0 saturated heterocycles. The van der Waals surface area contributed by atoms with Crippen molar-refractivity contribution in [1.29, 1.82) is 0 Å². The van der Waals surface area contributed by atoms with Gasteiger partial charge in [-0.2, -0.15) is 0 Å². The number of rotatable bonds is 3. The maximum atomic E-state index is 11.5. The van der Waals surface area contributed by atoms with Gasteiger partial charge in [-0.3, -0.25) is 4.79 Å². The van der Waals surface area contributed by atoms with Crippen molar-refractivity contribution in [1.82, 2.24) is 0 Å². The summed E-state index contributed by atoms with van der Waals surface area (Å²) >= 11 is 0. The quantitative estimate of drug-likeness (QED) is 0.426. The lowest BCUT2D eigenvalue weighted by molar-refractivity contribution is -0.137. The monoisotopic (exact) mass is 204 g/mol. The van der Waals surface area contributed by atoms with E-state index in [0.717, 1.165) is 12.8 Å². The molecule has 3 heteroatoms. The second-order valence-corrected chi connectivity index (χ2v) is 3.53. The molecule has 15 heavy (non-hydrogen) atoms. The zero-order valence-corrected chi connectivity index (χ0v) is 8.58. The molecule has 3 nitrogen and oxygen atoms in total. The highest BCUT2D eigenvalue weighted by atomic mass is 16.5. The van der Waals surface area contributed by atoms with E-state index in [1.165, 1.54) is 11.1 Å². The number of ether oxygens (including phenoxy) is 1. The number of benzene rings is 1. The van der Waals surface area contributed by atoms with Gasteiger partial charge in [0, 0.05) is 5.56 Å². The fraction of sp³-hybridized carbons (Fsp3) is 0.333. The smallest absolute Gasteiger partial charge is 0.379 e. The molecule has 0 amide bonds. The minimum Gasteiger partial charge on any atom is -0.460 e. The van der Waals surface area contributed by atoms with Gasteiger partial charge in [0.2, 0.25) is 0 Å². The normalized spacial score (nSPS) is 12.6. The average Bonchev–Trinajstić information content (AvgIpc) is 2.19. The first-order valence-electron chi connectivity index (χ1n) is 5.05. The van der Waals surface area contributed by atoms with Crippen LogP contribution in [0.15, 0.2) is 18.2 Å². The summed E-state index contributed by atoms with van der Waals surface area (Å²) in [4.78, 5) is 22.7. The molecule has 0 aromatic heterocycles. The number of hydrogen-bond acceptors (Lipinski definition) is 3. The van der Waals surface area contributed by atoms with Gasteiger partial charge >= 0.3 is 5.97 Å². The standard InChI is InChI=1S/C12H12O3/c1-2-15-12(14)11(13)10-6-4-8-3-5-9(8)7-10/h4,6-7H,2-3,5H2,1H3. The molecule has 1 aliphatic carbocycles. The van der Waals surface area contributed by atoms with Crippen LogP contribution in [-0.4, -0.2) is 18.4 Å². The number of carbonyl (C=O) groups is 2. The van der Waals surface area contributed by atoms with Crippen LogP contribution < -0.4 is 0 Å². The minimum atomic E-state index is -0.767. The summed E-state index contributed by atoms with van der Waals surface area (Å²) in [5.74, 6) is -1.32. The number of fused-ring (bicyclic) bond motifs is 1. The second-order valence-electron chi connectivity index (χ2n) is 3.53. The summed E-state index contributed by atoms with van der Waals surface area (Å²) < 4.78 is 4.66. The molecule has 2 rings (SSSR count). The Balaban J connectivity index is 2.19. The maximum absolute atomic E-state index is 11.5. The summed E-state index contributed by atoms with van der Waals surface area (Å²) in [6.07, 6.45) is 2.07. The molecule has 0 atom stereocenters. The van der Waals surface area contributed by atoms with Crippen LogP contribution in [0.4, 0.5) is 0 Å². The summed E-state index contributed by atoms with van der Waals surface area (Å²) in [6.45, 7) is 1.92. The van der Waals surface area contributed by atoms with Crippen molar-refractivity contribution in [2.45, 2.75) is 19.8 Å². The first-order valence-corrected chi connectivity index (χ1v) is 5.05. The number of esters is 1. The van der Waals surface area contributed by atoms with Crippen LogP contribution in [0.2, 0.25) is 0 Å². The minimum absolute atomic E-state index is 0.232. The van der Waals surface area contributed by atoms with Gasteiger partial charge in [0.1, 0.15) is 0 Å². The van der Waals surface area contributed by atoms with E-state index in [-0.39, 0.29) is 6.61 Å². The Morgan fingerprint density at radius 2 is 2.00 bits per heavy atom. The van der Waals surface area contributed by atoms with E-state index in [1.54, 1.807) is 19.1 Å². The fourth-order valence-electron chi connectivity index (χ4n) is 1.65. The van der Waals surface area contributed by atoms with Gasteiger partial charge in [0.25, 0.3) is 5.78 Å². The van der Waals surface area contributed by atoms with Crippen molar-refractivity contribution in [2.75, 3.05) is 6.61 Å². The van der Waals surface area contributed by atoms with Crippen molar-refractivity contribution in [3.63, 3.8) is 0 Å². The highest BCUT2D eigenvalue weighted by molar-refractivity contribution is 6.40. The SMILES string of the molecule is CCOC(=O)C(=O)c1ccc2c(c1)CC2. The van der Waals surface area contributed by atoms with Crippen molar-refractivity contribution >= 4 is 11.8 Å². The topological polar surface area (TPSA) is 43.4 Å². The number of ketones is 1. The molecule has 1 aliphatic rings. The lowest BCUT2D eigenvalue weighted by atomic mass is 9.87. The van der Waals surface area contributed by atoms with Gasteiger partial charge in [0.05, 0.1) is 6.61 Å². The fourth-order valence-corrected chi connectivity index (χ4v) is 1.65. The first kappa shape index (κ1) is 9.90. The number of carbonyl (C=O) groups excluding carboxylic acids is 2. The molecule has 0 fully saturated rings. The lowest BCUT2D eigenvalue weighted by Gasteiger charge is -2.18. The third-order valence-corrected chi connectivity index (χ3v) is 2.59. The van der Waals surface area contributed by atoms with Crippen LogP contribution in [0.1, 0.15) is 28.4 Å². The van der Waals surface area contributed by atoms with E-state index in [9.17, 15) is 9.59 Å². The molecule has 0 heterocycles. The molecule has 0 N–H and O–H groups in total. The van der Waals surface area contributed by atoms with E-state index in [1.807, 2.05) is 6.07 Å². The molecule has 0 bridgehead atoms. The molecule has 1 aromatic carbocycles. The van der Waals surface area contributed by atoms with Crippen LogP contribution in [0.5, 0.6) is 0 Å². The molecule has 0 radical (unpaired) electrons. The predicted molar refractivity (Wildman–Crippen MR) is 54.8 cm³/mol. The molecule has 0 spiro atoms. The van der Waals surface area contributed by atoms with E-state index in [2.05, 4.69) is 4.74 Å². The van der Waals surface area contributed by atoms with Gasteiger partial charge < -0.3 is 4.74 Å². The lowest BCUT2D eigenvalue weighted by Crippen LogP contribution is -2.19. The van der Waals surface area contributed by atoms with E-state index in [0.29, 0.717) is 5.56 Å². The van der Waals surface area contributed by atoms with Crippen molar-refractivity contribution in [2.24, 2.45) is 0 Å². The molecule has 0 unspecified atom stereocenters. The van der Waals surface area contributed by atoms with Gasteiger partial charge in [0.15, 0.2) is 0 Å². The second kappa shape index (κ2) is 3.85. The van der Waals surface area contributed by atoms with E-state index < -0.39 is 11.8 Å². The molecular weight excluding hydrogens is 192 g/mol. The number of Topliss-reactive ketones (excluding diaryl/α,β-unsaturated/α-hetero) is 1. The predicted octanol–water partition coefficient (Wildman–Crippen LogP) is 1.53. The highest BCUT2D eigenvalue weighted by Gasteiger charge is 2.20. The Kier molecular flexibility index (Phi) is 2.54. The summed E-state index contributed by atoms with van der Waals surface area (Å²) in [5, 5.41) is 0. The van der Waals surface area contributed by atoms with Crippen LogP contribution in [0.25, 0.3) is 0 Å². The Labute approximate surface area is 88.1 Å². The molecule has 1 aromatic rings. The molecular formula is C12H12O3. The van der Waals surface area contributed by atoms with Crippen LogP contribution in [0.3, 0.4) is 0 Å². The van der Waals surface area contributed by atoms with Gasteiger partial charge in [-0.1, -0.05) is 12.1 Å². The molecule has 78 valence electrons. The zero-order valence-electron chi connectivity index (χ0n) is 8.58. The highest BCUT2D eigenvalue weighted by Crippen LogP contribution is 2.23. The number of aryl methyl sites for hydroxylation is 2. The van der Waals surface area contributed by atoms with Crippen LogP contribution in [-0.2, 0) is 22.4 Å². The first-order chi connectivity index (χ1) is 7.22. The molecule has 0 aliphatic heterocycles. The summed E-state index contributed by atoms with van der Waals surface area (Å²) in [5.41, 5.74) is 2.88. The summed E-state index contributed by atoms with van der Waals surface area (Å²) in [7, 11) is 0. The Morgan fingerprint density at radius 1 is 1.27 bits per heavy atom. The van der Waals surface area contributed by atoms with Crippen molar-refractivity contribution in [3.8, 4) is 0 Å². The van der Waals surface area contributed by atoms with Crippen LogP contribution >= 0.6 is 0 Å². The number of hydrogen-bond donors (Lipinski definition) is 0. The van der Waals surface area contributed by atoms with Gasteiger partial charge in [-0.15, -0.1) is 0 Å². The largest absolute Gasteiger partial charge is 0.460 e. The molecule has 0 saturated carbocycles. The third-order valence-electron chi connectivity index (χ3n) is 2.59. The Hall–Kier alpha value is -1.64. The maximum Gasteiger partial charge on any atom is 0.379 e. The van der Waals surface area contributed by atoms with Gasteiger partial charge in [-0.25, -0.2) is 4.79 Å². The Morgan fingerprint density at radius 3 is 2.53 bits per heavy atom. The zero-order chi connectivity index (χ0) is 10.8. The Bertz CT molecular complexity index is 421. The van der Waals surface area contributed by atoms with Crippen molar-refractivity contribution < 1.29 is 14.3 Å². The average molecular weight is 204 g/mol. The third kappa shape index (κ3) is 1.77.